The van der Waals surface area contributed by atoms with Gasteiger partial charge in [-0.1, -0.05) is 42.5 Å². The fourth-order valence-electron chi connectivity index (χ4n) is 3.25. The SMILES string of the molecule is O=C(O)C1=C2C=CC=CC2N(c2cc(C(=O)O)c3ccccc3n2)C=C1. The molecular weight excluding hydrogens is 332 g/mol. The molecule has 0 bridgehead atoms. The molecule has 1 aromatic heterocycles. The average Bonchev–Trinajstić information content (AvgIpc) is 2.66. The van der Waals surface area contributed by atoms with Gasteiger partial charge in [0.05, 0.1) is 22.7 Å². The summed E-state index contributed by atoms with van der Waals surface area (Å²) in [4.78, 5) is 29.6. The molecule has 0 saturated heterocycles. The number of hydrogen-bond donors (Lipinski definition) is 2. The molecule has 2 heterocycles. The van der Waals surface area contributed by atoms with Gasteiger partial charge < -0.3 is 15.1 Å². The van der Waals surface area contributed by atoms with Gasteiger partial charge >= 0.3 is 11.9 Å². The third kappa shape index (κ3) is 2.48. The minimum Gasteiger partial charge on any atom is -0.478 e. The molecule has 1 atom stereocenters. The molecule has 6 nitrogen and oxygen atoms in total. The summed E-state index contributed by atoms with van der Waals surface area (Å²) < 4.78 is 0. The summed E-state index contributed by atoms with van der Waals surface area (Å²) in [6.07, 6.45) is 10.4. The van der Waals surface area contributed by atoms with Gasteiger partial charge in [0.25, 0.3) is 0 Å². The van der Waals surface area contributed by atoms with Crippen LogP contribution in [0.25, 0.3) is 10.9 Å². The van der Waals surface area contributed by atoms with Crippen molar-refractivity contribution < 1.29 is 19.8 Å². The van der Waals surface area contributed by atoms with Crippen molar-refractivity contribution in [1.82, 2.24) is 4.98 Å². The minimum absolute atomic E-state index is 0.156. The van der Waals surface area contributed by atoms with Crippen molar-refractivity contribution in [3.8, 4) is 0 Å². The Morgan fingerprint density at radius 3 is 2.62 bits per heavy atom. The molecule has 1 aliphatic carbocycles. The van der Waals surface area contributed by atoms with Crippen LogP contribution < -0.4 is 4.90 Å². The summed E-state index contributed by atoms with van der Waals surface area (Å²) in [7, 11) is 0. The van der Waals surface area contributed by atoms with Crippen LogP contribution in [-0.2, 0) is 4.79 Å². The normalized spacial score (nSPS) is 18.3. The fraction of sp³-hybridized carbons (Fsp3) is 0.0500. The van der Waals surface area contributed by atoms with E-state index >= 15 is 0 Å². The van der Waals surface area contributed by atoms with E-state index < -0.39 is 11.9 Å². The zero-order valence-electron chi connectivity index (χ0n) is 13.5. The Labute approximate surface area is 148 Å². The van der Waals surface area contributed by atoms with Crippen molar-refractivity contribution in [2.45, 2.75) is 6.04 Å². The summed E-state index contributed by atoms with van der Waals surface area (Å²) in [5, 5.41) is 19.6. The number of carbonyl (C=O) groups is 2. The molecule has 0 spiro atoms. The number of rotatable bonds is 3. The van der Waals surface area contributed by atoms with Gasteiger partial charge in [-0.25, -0.2) is 14.6 Å². The van der Waals surface area contributed by atoms with E-state index in [2.05, 4.69) is 4.98 Å². The number of hydrogen-bond acceptors (Lipinski definition) is 4. The number of allylic oxidation sites excluding steroid dienone is 2. The smallest absolute Gasteiger partial charge is 0.336 e. The Bertz CT molecular complexity index is 1060. The first-order valence-corrected chi connectivity index (χ1v) is 7.98. The van der Waals surface area contributed by atoms with Crippen LogP contribution in [0.4, 0.5) is 5.82 Å². The van der Waals surface area contributed by atoms with E-state index in [9.17, 15) is 19.8 Å². The van der Waals surface area contributed by atoms with Gasteiger partial charge in [-0.2, -0.15) is 0 Å². The van der Waals surface area contributed by atoms with Crippen LogP contribution in [0.1, 0.15) is 10.4 Å². The molecule has 2 N–H and O–H groups in total. The van der Waals surface area contributed by atoms with E-state index in [1.54, 1.807) is 47.5 Å². The van der Waals surface area contributed by atoms with Gasteiger partial charge in [-0.3, -0.25) is 0 Å². The molecule has 0 amide bonds. The van der Waals surface area contributed by atoms with Crippen molar-refractivity contribution in [3.05, 3.63) is 83.6 Å². The Hall–Kier alpha value is -3.67. The number of pyridine rings is 1. The van der Waals surface area contributed by atoms with E-state index in [0.29, 0.717) is 22.3 Å². The maximum absolute atomic E-state index is 11.7. The number of nitrogens with zero attached hydrogens (tertiary/aromatic N) is 2. The second-order valence-electron chi connectivity index (χ2n) is 5.94. The molecule has 1 aliphatic heterocycles. The van der Waals surface area contributed by atoms with E-state index in [-0.39, 0.29) is 17.2 Å². The number of benzene rings is 1. The highest BCUT2D eigenvalue weighted by atomic mass is 16.4. The molecule has 0 fully saturated rings. The molecule has 128 valence electrons. The number of fused-ring (bicyclic) bond motifs is 2. The summed E-state index contributed by atoms with van der Waals surface area (Å²) in [6.45, 7) is 0. The van der Waals surface area contributed by atoms with Crippen molar-refractivity contribution in [2.75, 3.05) is 4.90 Å². The molecule has 26 heavy (non-hydrogen) atoms. The first kappa shape index (κ1) is 15.8. The van der Waals surface area contributed by atoms with Gasteiger partial charge in [0.2, 0.25) is 0 Å². The highest BCUT2D eigenvalue weighted by Gasteiger charge is 2.29. The fourth-order valence-corrected chi connectivity index (χ4v) is 3.25. The lowest BCUT2D eigenvalue weighted by molar-refractivity contribution is -0.132. The second kappa shape index (κ2) is 6.00. The predicted octanol–water partition coefficient (Wildman–Crippen LogP) is 3.14. The van der Waals surface area contributed by atoms with E-state index in [1.165, 1.54) is 12.1 Å². The van der Waals surface area contributed by atoms with Crippen molar-refractivity contribution in [2.24, 2.45) is 0 Å². The maximum atomic E-state index is 11.7. The van der Waals surface area contributed by atoms with Gasteiger partial charge in [-0.05, 0) is 23.8 Å². The van der Waals surface area contributed by atoms with Gasteiger partial charge in [0.15, 0.2) is 0 Å². The van der Waals surface area contributed by atoms with Gasteiger partial charge in [0, 0.05) is 11.6 Å². The van der Waals surface area contributed by atoms with Crippen molar-refractivity contribution >= 4 is 28.7 Å². The zero-order valence-corrected chi connectivity index (χ0v) is 13.5. The minimum atomic E-state index is -1.04. The van der Waals surface area contributed by atoms with Crippen LogP contribution in [0.2, 0.25) is 0 Å². The van der Waals surface area contributed by atoms with Crippen LogP contribution in [0.3, 0.4) is 0 Å². The molecule has 1 unspecified atom stereocenters. The second-order valence-corrected chi connectivity index (χ2v) is 5.94. The van der Waals surface area contributed by atoms with E-state index in [1.807, 2.05) is 12.2 Å². The largest absolute Gasteiger partial charge is 0.478 e. The average molecular weight is 346 g/mol. The molecule has 0 radical (unpaired) electrons. The topological polar surface area (TPSA) is 90.7 Å². The summed E-state index contributed by atoms with van der Waals surface area (Å²) in [5.74, 6) is -1.59. The number of aliphatic carboxylic acids is 1. The number of anilines is 1. The summed E-state index contributed by atoms with van der Waals surface area (Å²) in [5.41, 5.74) is 1.57. The van der Waals surface area contributed by atoms with Crippen molar-refractivity contribution in [1.29, 1.82) is 0 Å². The molecule has 1 aromatic carbocycles. The molecule has 6 heteroatoms. The predicted molar refractivity (Wildman–Crippen MR) is 97.1 cm³/mol. The number of para-hydroxylation sites is 1. The van der Waals surface area contributed by atoms with E-state index in [4.69, 9.17) is 0 Å². The Morgan fingerprint density at radius 2 is 1.85 bits per heavy atom. The van der Waals surface area contributed by atoms with Crippen LogP contribution in [0.15, 0.2) is 78.1 Å². The Kier molecular flexibility index (Phi) is 3.65. The number of aromatic carboxylic acids is 1. The summed E-state index contributed by atoms with van der Waals surface area (Å²) in [6, 6.07) is 8.21. The lowest BCUT2D eigenvalue weighted by Crippen LogP contribution is -2.35. The first-order valence-electron chi connectivity index (χ1n) is 7.98. The Morgan fingerprint density at radius 1 is 1.04 bits per heavy atom. The monoisotopic (exact) mass is 346 g/mol. The maximum Gasteiger partial charge on any atom is 0.336 e. The number of carboxylic acid groups (broad SMARTS) is 2. The van der Waals surface area contributed by atoms with Crippen LogP contribution in [0.5, 0.6) is 0 Å². The Balaban J connectivity index is 1.88. The van der Waals surface area contributed by atoms with E-state index in [0.717, 1.165) is 0 Å². The quantitative estimate of drug-likeness (QED) is 0.887. The molecule has 0 saturated carbocycles. The summed E-state index contributed by atoms with van der Waals surface area (Å²) >= 11 is 0. The molecule has 2 aliphatic rings. The number of aromatic nitrogens is 1. The third-order valence-corrected chi connectivity index (χ3v) is 4.44. The highest BCUT2D eigenvalue weighted by molar-refractivity contribution is 6.03. The first-order chi connectivity index (χ1) is 12.6. The van der Waals surface area contributed by atoms with Crippen LogP contribution >= 0.6 is 0 Å². The highest BCUT2D eigenvalue weighted by Crippen LogP contribution is 2.32. The van der Waals surface area contributed by atoms with Gasteiger partial charge in [0.1, 0.15) is 5.82 Å². The molecule has 2 aromatic rings. The molecular formula is C20H14N2O4. The third-order valence-electron chi connectivity index (χ3n) is 4.44. The van der Waals surface area contributed by atoms with Crippen molar-refractivity contribution in [3.63, 3.8) is 0 Å². The van der Waals surface area contributed by atoms with Gasteiger partial charge in [-0.15, -0.1) is 0 Å². The molecule has 4 rings (SSSR count). The standard InChI is InChI=1S/C20H14N2O4/c23-19(24)14-9-10-22(17-8-4-2-6-13(14)17)18-11-15(20(25)26)12-5-1-3-7-16(12)21-18/h1-11,17H,(H,23,24)(H,25,26). The number of carboxylic acids is 2. The lowest BCUT2D eigenvalue weighted by Gasteiger charge is -2.33. The lowest BCUT2D eigenvalue weighted by atomic mass is 9.92. The zero-order chi connectivity index (χ0) is 18.3. The van der Waals surface area contributed by atoms with Crippen LogP contribution in [0, 0.1) is 0 Å². The van der Waals surface area contributed by atoms with Crippen LogP contribution in [-0.4, -0.2) is 33.2 Å².